The molecule has 21 heavy (non-hydrogen) atoms. The van der Waals surface area contributed by atoms with Crippen molar-refractivity contribution in [2.24, 2.45) is 11.7 Å². The van der Waals surface area contributed by atoms with Crippen LogP contribution >= 0.6 is 0 Å². The van der Waals surface area contributed by atoms with Gasteiger partial charge in [0.2, 0.25) is 5.91 Å². The molecule has 0 aromatic heterocycles. The van der Waals surface area contributed by atoms with E-state index in [9.17, 15) is 4.79 Å². The topological polar surface area (TPSA) is 49.6 Å². The number of amides is 1. The molecule has 1 heterocycles. The molecule has 2 fully saturated rings. The SMILES string of the molecule is CCC(CCN)N1CCN(C(=O)CC2CCCCC2)CC1. The zero-order chi connectivity index (χ0) is 15.1. The van der Waals surface area contributed by atoms with Gasteiger partial charge in [0.05, 0.1) is 0 Å². The van der Waals surface area contributed by atoms with E-state index in [-0.39, 0.29) is 0 Å². The fourth-order valence-electron chi connectivity index (χ4n) is 3.94. The summed E-state index contributed by atoms with van der Waals surface area (Å²) in [5, 5.41) is 0. The number of rotatable bonds is 6. The predicted molar refractivity (Wildman–Crippen MR) is 87.1 cm³/mol. The highest BCUT2D eigenvalue weighted by atomic mass is 16.2. The highest BCUT2D eigenvalue weighted by molar-refractivity contribution is 5.76. The Kier molecular flexibility index (Phi) is 6.97. The van der Waals surface area contributed by atoms with Crippen LogP contribution in [-0.4, -0.2) is 54.5 Å². The molecule has 122 valence electrons. The summed E-state index contributed by atoms with van der Waals surface area (Å²) in [5.74, 6) is 1.05. The number of piperazine rings is 1. The molecule has 1 amide bonds. The predicted octanol–water partition coefficient (Wildman–Crippen LogP) is 2.23. The van der Waals surface area contributed by atoms with Crippen molar-refractivity contribution in [3.63, 3.8) is 0 Å². The first-order valence-electron chi connectivity index (χ1n) is 8.96. The van der Waals surface area contributed by atoms with Crippen molar-refractivity contribution in [1.29, 1.82) is 0 Å². The quantitative estimate of drug-likeness (QED) is 0.817. The molecule has 4 nitrogen and oxygen atoms in total. The van der Waals surface area contributed by atoms with E-state index in [1.165, 1.54) is 32.1 Å². The minimum Gasteiger partial charge on any atom is -0.340 e. The smallest absolute Gasteiger partial charge is 0.222 e. The van der Waals surface area contributed by atoms with Gasteiger partial charge in [0, 0.05) is 38.6 Å². The molecular weight excluding hydrogens is 262 g/mol. The maximum absolute atomic E-state index is 12.4. The molecule has 4 heteroatoms. The Hall–Kier alpha value is -0.610. The summed E-state index contributed by atoms with van der Waals surface area (Å²) in [6.07, 6.45) is 9.56. The number of nitrogens with zero attached hydrogens (tertiary/aromatic N) is 2. The van der Waals surface area contributed by atoms with Gasteiger partial charge in [0.15, 0.2) is 0 Å². The number of hydrogen-bond donors (Lipinski definition) is 1. The summed E-state index contributed by atoms with van der Waals surface area (Å²) in [4.78, 5) is 17.0. The van der Waals surface area contributed by atoms with Crippen molar-refractivity contribution in [3.8, 4) is 0 Å². The average Bonchev–Trinajstić information content (AvgIpc) is 2.54. The lowest BCUT2D eigenvalue weighted by molar-refractivity contribution is -0.134. The van der Waals surface area contributed by atoms with Gasteiger partial charge in [0.25, 0.3) is 0 Å². The maximum Gasteiger partial charge on any atom is 0.222 e. The second kappa shape index (κ2) is 8.74. The summed E-state index contributed by atoms with van der Waals surface area (Å²) >= 11 is 0. The number of hydrogen-bond acceptors (Lipinski definition) is 3. The minimum atomic E-state index is 0.397. The molecule has 1 unspecified atom stereocenters. The van der Waals surface area contributed by atoms with Gasteiger partial charge in [-0.15, -0.1) is 0 Å². The molecule has 0 aromatic rings. The van der Waals surface area contributed by atoms with Crippen LogP contribution in [-0.2, 0) is 4.79 Å². The van der Waals surface area contributed by atoms with E-state index in [1.807, 2.05) is 0 Å². The summed E-state index contributed by atoms with van der Waals surface area (Å²) in [5.41, 5.74) is 5.70. The lowest BCUT2D eigenvalue weighted by atomic mass is 9.86. The van der Waals surface area contributed by atoms with Crippen molar-refractivity contribution in [1.82, 2.24) is 9.80 Å². The first-order chi connectivity index (χ1) is 10.2. The molecule has 0 aromatic carbocycles. The van der Waals surface area contributed by atoms with Crippen molar-refractivity contribution >= 4 is 5.91 Å². The average molecular weight is 295 g/mol. The van der Waals surface area contributed by atoms with Crippen molar-refractivity contribution < 1.29 is 4.79 Å². The first-order valence-corrected chi connectivity index (χ1v) is 8.96. The van der Waals surface area contributed by atoms with Gasteiger partial charge in [-0.2, -0.15) is 0 Å². The molecule has 2 aliphatic rings. The summed E-state index contributed by atoms with van der Waals surface area (Å²) in [6, 6.07) is 0.602. The van der Waals surface area contributed by atoms with Crippen LogP contribution in [0.5, 0.6) is 0 Å². The molecule has 2 rings (SSSR count). The van der Waals surface area contributed by atoms with Gasteiger partial charge in [-0.25, -0.2) is 0 Å². The minimum absolute atomic E-state index is 0.397. The Bertz CT molecular complexity index is 307. The van der Waals surface area contributed by atoms with Gasteiger partial charge in [0.1, 0.15) is 0 Å². The van der Waals surface area contributed by atoms with E-state index in [2.05, 4.69) is 16.7 Å². The highest BCUT2D eigenvalue weighted by Crippen LogP contribution is 2.27. The van der Waals surface area contributed by atoms with Crippen LogP contribution in [0.2, 0.25) is 0 Å². The molecule has 0 bridgehead atoms. The number of carbonyl (C=O) groups excluding carboxylic acids is 1. The van der Waals surface area contributed by atoms with Crippen molar-refractivity contribution in [3.05, 3.63) is 0 Å². The van der Waals surface area contributed by atoms with Crippen LogP contribution in [0.1, 0.15) is 58.3 Å². The fraction of sp³-hybridized carbons (Fsp3) is 0.941. The highest BCUT2D eigenvalue weighted by Gasteiger charge is 2.26. The van der Waals surface area contributed by atoms with E-state index >= 15 is 0 Å². The third-order valence-electron chi connectivity index (χ3n) is 5.34. The molecule has 1 saturated heterocycles. The van der Waals surface area contributed by atoms with Crippen LogP contribution in [0, 0.1) is 5.92 Å². The number of carbonyl (C=O) groups is 1. The van der Waals surface area contributed by atoms with Gasteiger partial charge in [-0.3, -0.25) is 9.69 Å². The van der Waals surface area contributed by atoms with Gasteiger partial charge < -0.3 is 10.6 Å². The molecule has 1 saturated carbocycles. The van der Waals surface area contributed by atoms with E-state index < -0.39 is 0 Å². The molecule has 0 spiro atoms. The van der Waals surface area contributed by atoms with Crippen LogP contribution in [0.3, 0.4) is 0 Å². The number of nitrogens with two attached hydrogens (primary N) is 1. The lowest BCUT2D eigenvalue weighted by Gasteiger charge is -2.39. The zero-order valence-electron chi connectivity index (χ0n) is 13.7. The van der Waals surface area contributed by atoms with Crippen LogP contribution in [0.25, 0.3) is 0 Å². The first kappa shape index (κ1) is 16.8. The van der Waals surface area contributed by atoms with Crippen LogP contribution in [0.4, 0.5) is 0 Å². The second-order valence-corrected chi connectivity index (χ2v) is 6.76. The Morgan fingerprint density at radius 3 is 2.38 bits per heavy atom. The standard InChI is InChI=1S/C17H33N3O/c1-2-16(8-9-18)19-10-12-20(13-11-19)17(21)14-15-6-4-3-5-7-15/h15-16H,2-14,18H2,1H3. The largest absolute Gasteiger partial charge is 0.340 e. The van der Waals surface area contributed by atoms with E-state index in [4.69, 9.17) is 5.73 Å². The van der Waals surface area contributed by atoms with Gasteiger partial charge >= 0.3 is 0 Å². The maximum atomic E-state index is 12.4. The monoisotopic (exact) mass is 295 g/mol. The van der Waals surface area contributed by atoms with Crippen molar-refractivity contribution in [2.45, 2.75) is 64.3 Å². The molecule has 1 aliphatic heterocycles. The lowest BCUT2D eigenvalue weighted by Crippen LogP contribution is -2.52. The fourth-order valence-corrected chi connectivity index (χ4v) is 3.94. The Labute approximate surface area is 130 Å². The van der Waals surface area contributed by atoms with Crippen molar-refractivity contribution in [2.75, 3.05) is 32.7 Å². The third-order valence-corrected chi connectivity index (χ3v) is 5.34. The van der Waals surface area contributed by atoms with Crippen LogP contribution in [0.15, 0.2) is 0 Å². The van der Waals surface area contributed by atoms with E-state index in [0.717, 1.165) is 52.0 Å². The summed E-state index contributed by atoms with van der Waals surface area (Å²) in [7, 11) is 0. The molecular formula is C17H33N3O. The van der Waals surface area contributed by atoms with E-state index in [0.29, 0.717) is 17.9 Å². The normalized spacial score (nSPS) is 23.2. The molecule has 0 radical (unpaired) electrons. The Balaban J connectivity index is 1.73. The summed E-state index contributed by atoms with van der Waals surface area (Å²) < 4.78 is 0. The zero-order valence-corrected chi connectivity index (χ0v) is 13.7. The Morgan fingerprint density at radius 2 is 1.81 bits per heavy atom. The van der Waals surface area contributed by atoms with Gasteiger partial charge in [-0.05, 0) is 38.1 Å². The van der Waals surface area contributed by atoms with Crippen LogP contribution < -0.4 is 5.73 Å². The molecule has 1 aliphatic carbocycles. The van der Waals surface area contributed by atoms with E-state index in [1.54, 1.807) is 0 Å². The molecule has 1 atom stereocenters. The second-order valence-electron chi connectivity index (χ2n) is 6.76. The molecule has 2 N–H and O–H groups in total. The Morgan fingerprint density at radius 1 is 1.14 bits per heavy atom. The third kappa shape index (κ3) is 4.96. The summed E-state index contributed by atoms with van der Waals surface area (Å²) in [6.45, 7) is 6.86. The van der Waals surface area contributed by atoms with Gasteiger partial charge in [-0.1, -0.05) is 26.2 Å².